The van der Waals surface area contributed by atoms with Crippen molar-refractivity contribution >= 4 is 58.0 Å². The van der Waals surface area contributed by atoms with E-state index in [1.54, 1.807) is 41.3 Å². The van der Waals surface area contributed by atoms with Gasteiger partial charge in [0.05, 0.1) is 29.2 Å². The first-order chi connectivity index (χ1) is 21.5. The topological polar surface area (TPSA) is 150 Å². The van der Waals surface area contributed by atoms with E-state index < -0.39 is 29.0 Å². The minimum Gasteiger partial charge on any atom is -0.611 e. The summed E-state index contributed by atoms with van der Waals surface area (Å²) in [6.07, 6.45) is 2.40. The number of benzene rings is 2. The van der Waals surface area contributed by atoms with E-state index in [1.165, 1.54) is 12.1 Å². The summed E-state index contributed by atoms with van der Waals surface area (Å²) in [6.45, 7) is 2.12. The Morgan fingerprint density at radius 1 is 0.867 bits per heavy atom. The molecule has 10 nitrogen and oxygen atoms in total. The number of amides is 1. The smallest absolute Gasteiger partial charge is 0.334 e. The number of carbonyl (C=O) groups is 4. The second kappa shape index (κ2) is 14.4. The van der Waals surface area contributed by atoms with Crippen LogP contribution >= 0.6 is 23.2 Å². The van der Waals surface area contributed by atoms with Crippen LogP contribution in [0, 0.1) is 0 Å². The van der Waals surface area contributed by atoms with Crippen LogP contribution in [0.5, 0.6) is 0 Å². The number of rotatable bonds is 9. The molecule has 2 unspecified atom stereocenters. The Hall–Kier alpha value is -3.35. The maximum absolute atomic E-state index is 13.7. The number of hydrogen-bond acceptors (Lipinski definition) is 7. The van der Waals surface area contributed by atoms with Crippen LogP contribution in [0.15, 0.2) is 76.0 Å². The molecular weight excluding hydrogens is 641 g/mol. The van der Waals surface area contributed by atoms with E-state index in [4.69, 9.17) is 23.2 Å². The lowest BCUT2D eigenvalue weighted by molar-refractivity contribution is -0.133. The van der Waals surface area contributed by atoms with Crippen LogP contribution in [-0.4, -0.2) is 86.2 Å². The van der Waals surface area contributed by atoms with Crippen molar-refractivity contribution in [1.82, 2.24) is 15.1 Å². The van der Waals surface area contributed by atoms with Gasteiger partial charge in [0, 0.05) is 66.4 Å². The van der Waals surface area contributed by atoms with Crippen molar-refractivity contribution in [2.45, 2.75) is 49.0 Å². The maximum Gasteiger partial charge on any atom is 0.334 e. The number of dihydropyridines is 1. The Balaban J connectivity index is 1.47. The fourth-order valence-electron chi connectivity index (χ4n) is 6.32. The summed E-state index contributed by atoms with van der Waals surface area (Å²) in [5.74, 6) is -4.65. The number of carboxylic acid groups (broad SMARTS) is 2. The molecule has 1 amide bonds. The normalized spacial score (nSPS) is 20.6. The number of nitrogens with zero attached hydrogens (tertiary/aromatic N) is 2. The van der Waals surface area contributed by atoms with E-state index in [0.29, 0.717) is 50.0 Å². The van der Waals surface area contributed by atoms with E-state index in [2.05, 4.69) is 10.2 Å². The van der Waals surface area contributed by atoms with Crippen LogP contribution in [0.2, 0.25) is 10.0 Å². The summed E-state index contributed by atoms with van der Waals surface area (Å²) in [5, 5.41) is 23.9. The SMILES string of the molecule is O=C1CCC(N2CCN(C(=O)CC3=C(C(=O)O)C(c4c(Cl)cccc4Cl)C(C(=O)O)=C(C[S+]([O-])c4ccccc4)N3)CC2)CC1. The molecule has 3 aliphatic rings. The monoisotopic (exact) mass is 673 g/mol. The van der Waals surface area contributed by atoms with Gasteiger partial charge in [-0.25, -0.2) is 9.59 Å². The van der Waals surface area contributed by atoms with Gasteiger partial charge in [-0.2, -0.15) is 0 Å². The van der Waals surface area contributed by atoms with Crippen LogP contribution in [0.25, 0.3) is 0 Å². The zero-order valence-corrected chi connectivity index (χ0v) is 26.7. The standard InChI is InChI=1S/C32H33Cl2N3O7S/c33-22-7-4-8-23(34)27(22)30-28(31(40)41)24(35-25(29(30)32(42)43)18-45(44)21-5-2-1-3-6-21)17-26(39)37-15-13-36(14-16-37)19-9-11-20(38)12-10-19/h1-8,19,30,35H,9-18H2,(H,40,41)(H,42,43). The molecule has 238 valence electrons. The molecule has 0 radical (unpaired) electrons. The summed E-state index contributed by atoms with van der Waals surface area (Å²) < 4.78 is 13.4. The second-order valence-corrected chi connectivity index (χ2v) is 13.5. The van der Waals surface area contributed by atoms with Crippen molar-refractivity contribution in [2.24, 2.45) is 0 Å². The van der Waals surface area contributed by atoms with Crippen LogP contribution in [0.3, 0.4) is 0 Å². The van der Waals surface area contributed by atoms with Crippen molar-refractivity contribution in [3.05, 3.63) is 86.7 Å². The van der Waals surface area contributed by atoms with Crippen molar-refractivity contribution < 1.29 is 33.9 Å². The second-order valence-electron chi connectivity index (χ2n) is 11.3. The molecule has 2 atom stereocenters. The number of carboxylic acids is 2. The number of ketones is 1. The van der Waals surface area contributed by atoms with E-state index >= 15 is 0 Å². The Morgan fingerprint density at radius 3 is 2.02 bits per heavy atom. The molecule has 13 heteroatoms. The zero-order valence-electron chi connectivity index (χ0n) is 24.3. The first-order valence-electron chi connectivity index (χ1n) is 14.7. The summed E-state index contributed by atoms with van der Waals surface area (Å²) in [7, 11) is 0. The Morgan fingerprint density at radius 2 is 1.44 bits per heavy atom. The predicted octanol–water partition coefficient (Wildman–Crippen LogP) is 4.21. The highest BCUT2D eigenvalue weighted by molar-refractivity contribution is 7.91. The lowest BCUT2D eigenvalue weighted by Crippen LogP contribution is -2.53. The third kappa shape index (κ3) is 7.39. The van der Waals surface area contributed by atoms with Gasteiger partial charge in [0.15, 0.2) is 10.6 Å². The zero-order chi connectivity index (χ0) is 32.2. The minimum absolute atomic E-state index is 0.00762. The first-order valence-corrected chi connectivity index (χ1v) is 16.7. The van der Waals surface area contributed by atoms with Crippen LogP contribution < -0.4 is 5.32 Å². The fraction of sp³-hybridized carbons (Fsp3) is 0.375. The van der Waals surface area contributed by atoms with E-state index in [9.17, 15) is 33.9 Å². The highest BCUT2D eigenvalue weighted by atomic mass is 35.5. The predicted molar refractivity (Wildman–Crippen MR) is 169 cm³/mol. The van der Waals surface area contributed by atoms with Crippen LogP contribution in [-0.2, 0) is 30.4 Å². The highest BCUT2D eigenvalue weighted by Crippen LogP contribution is 2.45. The Labute approximate surface area is 273 Å². The number of halogens is 2. The third-order valence-electron chi connectivity index (χ3n) is 8.58. The molecule has 45 heavy (non-hydrogen) atoms. The summed E-state index contributed by atoms with van der Waals surface area (Å²) in [5.41, 5.74) is -0.649. The quantitative estimate of drug-likeness (QED) is 0.333. The van der Waals surface area contributed by atoms with Gasteiger partial charge >= 0.3 is 11.9 Å². The number of carbonyl (C=O) groups excluding carboxylic acids is 2. The summed E-state index contributed by atoms with van der Waals surface area (Å²) in [4.78, 5) is 55.4. The van der Waals surface area contributed by atoms with Crippen molar-refractivity contribution in [3.8, 4) is 0 Å². The maximum atomic E-state index is 13.7. The lowest BCUT2D eigenvalue weighted by atomic mass is 9.79. The first kappa shape index (κ1) is 33.0. The number of nitrogens with one attached hydrogen (secondary N) is 1. The average molecular weight is 675 g/mol. The molecule has 1 saturated carbocycles. The molecule has 0 aromatic heterocycles. The van der Waals surface area contributed by atoms with E-state index in [0.717, 1.165) is 12.8 Å². The van der Waals surface area contributed by atoms with Gasteiger partial charge in [0.2, 0.25) is 5.91 Å². The van der Waals surface area contributed by atoms with Crippen LogP contribution in [0.4, 0.5) is 0 Å². The lowest BCUT2D eigenvalue weighted by Gasteiger charge is -2.40. The molecule has 2 aliphatic heterocycles. The summed E-state index contributed by atoms with van der Waals surface area (Å²) >= 11 is 11.3. The highest BCUT2D eigenvalue weighted by Gasteiger charge is 2.42. The molecule has 2 aromatic rings. The van der Waals surface area contributed by atoms with E-state index in [1.807, 2.05) is 0 Å². The van der Waals surface area contributed by atoms with Gasteiger partial charge in [-0.3, -0.25) is 14.5 Å². The van der Waals surface area contributed by atoms with Gasteiger partial charge in [0.25, 0.3) is 0 Å². The molecule has 5 rings (SSSR count). The molecule has 2 aromatic carbocycles. The molecular formula is C32H33Cl2N3O7S. The minimum atomic E-state index is -1.70. The number of Topliss-reactive ketones (excluding diaryl/α,β-unsaturated/α-hetero) is 1. The molecule has 0 bridgehead atoms. The molecule has 1 saturated heterocycles. The van der Waals surface area contributed by atoms with Crippen molar-refractivity contribution in [2.75, 3.05) is 31.9 Å². The number of piperazine rings is 1. The van der Waals surface area contributed by atoms with Crippen molar-refractivity contribution in [3.63, 3.8) is 0 Å². The number of aliphatic carboxylic acids is 2. The van der Waals surface area contributed by atoms with Gasteiger partial charge in [-0.15, -0.1) is 0 Å². The third-order valence-corrected chi connectivity index (χ3v) is 10.6. The molecule has 3 N–H and O–H groups in total. The van der Waals surface area contributed by atoms with Crippen LogP contribution in [0.1, 0.15) is 43.6 Å². The van der Waals surface area contributed by atoms with Gasteiger partial charge in [-0.1, -0.05) is 47.5 Å². The van der Waals surface area contributed by atoms with Gasteiger partial charge in [-0.05, 0) is 48.3 Å². The molecule has 2 heterocycles. The van der Waals surface area contributed by atoms with Gasteiger partial charge in [0.1, 0.15) is 5.78 Å². The average Bonchev–Trinajstić information content (AvgIpc) is 3.01. The number of hydrogen-bond donors (Lipinski definition) is 3. The Bertz CT molecular complexity index is 1530. The molecule has 1 aliphatic carbocycles. The molecule has 0 spiro atoms. The largest absolute Gasteiger partial charge is 0.611 e. The molecule has 2 fully saturated rings. The fourth-order valence-corrected chi connectivity index (χ4v) is 8.05. The van der Waals surface area contributed by atoms with Crippen molar-refractivity contribution in [1.29, 1.82) is 0 Å². The summed E-state index contributed by atoms with van der Waals surface area (Å²) in [6, 6.07) is 13.3. The van der Waals surface area contributed by atoms with Gasteiger partial charge < -0.3 is 25.0 Å². The van der Waals surface area contributed by atoms with E-state index in [-0.39, 0.29) is 62.0 Å². The Kier molecular flexibility index (Phi) is 10.6.